The number of hydrogen-bond donors (Lipinski definition) is 2. The van der Waals surface area contributed by atoms with Gasteiger partial charge in [0.25, 0.3) is 0 Å². The maximum absolute atomic E-state index is 6.84. The van der Waals surface area contributed by atoms with E-state index in [1.54, 1.807) is 0 Å². The van der Waals surface area contributed by atoms with Gasteiger partial charge in [-0.05, 0) is 6.92 Å². The van der Waals surface area contributed by atoms with Gasteiger partial charge in [0.15, 0.2) is 0 Å². The van der Waals surface area contributed by atoms with E-state index >= 15 is 0 Å². The Bertz CT molecular complexity index is 114. The number of nitrogens with one attached hydrogen (secondary N) is 1. The van der Waals surface area contributed by atoms with E-state index in [-0.39, 0.29) is 0 Å². The fourth-order valence-corrected chi connectivity index (χ4v) is 0.342. The highest BCUT2D eigenvalue weighted by atomic mass is 14.8. The maximum Gasteiger partial charge on any atom is 0.107 e. The lowest BCUT2D eigenvalue weighted by Gasteiger charge is -1.93. The average molecular weight is 113 g/mol. The molecule has 0 atom stereocenters. The molecule has 0 amide bonds. The predicted octanol–water partition coefficient (Wildman–Crippen LogP) is 0.123. The van der Waals surface area contributed by atoms with Crippen LogP contribution in [-0.4, -0.2) is 13.3 Å². The normalized spacial score (nSPS) is 12.9. The Kier molecular flexibility index (Phi) is 3.12. The van der Waals surface area contributed by atoms with E-state index in [4.69, 9.17) is 5.41 Å². The molecule has 0 rings (SSSR count). The summed E-state index contributed by atoms with van der Waals surface area (Å²) in [5.41, 5.74) is 2.22. The summed E-state index contributed by atoms with van der Waals surface area (Å²) in [5, 5.41) is 8.84. The smallest absolute Gasteiger partial charge is 0.107 e. The zero-order valence-corrected chi connectivity index (χ0v) is 5.65. The molecule has 46 valence electrons. The largest absolute Gasteiger partial charge is 0.320 e. The predicted molar refractivity (Wildman–Crippen MR) is 35.0 cm³/mol. The van der Waals surface area contributed by atoms with Gasteiger partial charge >= 0.3 is 0 Å². The first-order valence-electron chi connectivity index (χ1n) is 2.69. The molecule has 0 heterocycles. The molecule has 2 nitrogen and oxygen atoms in total. The van der Waals surface area contributed by atoms with Gasteiger partial charge in [0.2, 0.25) is 0 Å². The lowest BCUT2D eigenvalue weighted by molar-refractivity contribution is -0.576. The highest BCUT2D eigenvalue weighted by Gasteiger charge is 1.90. The van der Waals surface area contributed by atoms with Gasteiger partial charge in [0, 0.05) is 18.7 Å². The van der Waals surface area contributed by atoms with Crippen molar-refractivity contribution in [2.45, 2.75) is 13.8 Å². The average Bonchev–Trinajstić information content (AvgIpc) is 1.84. The van der Waals surface area contributed by atoms with Crippen LogP contribution in [0.4, 0.5) is 0 Å². The number of quaternary nitrogens is 1. The van der Waals surface area contributed by atoms with E-state index in [0.29, 0.717) is 0 Å². The molecule has 0 spiro atoms. The molecule has 0 radical (unpaired) electrons. The van der Waals surface area contributed by atoms with E-state index in [9.17, 15) is 0 Å². The summed E-state index contributed by atoms with van der Waals surface area (Å²) in [6.07, 6.45) is 1.37. The van der Waals surface area contributed by atoms with Crippen molar-refractivity contribution in [2.75, 3.05) is 7.05 Å². The molecule has 8 heavy (non-hydrogen) atoms. The summed E-state index contributed by atoms with van der Waals surface area (Å²) in [7, 11) is 1.97. The van der Waals surface area contributed by atoms with Crippen molar-refractivity contribution < 1.29 is 5.32 Å². The second kappa shape index (κ2) is 3.38. The van der Waals surface area contributed by atoms with E-state index in [0.717, 1.165) is 5.57 Å². The van der Waals surface area contributed by atoms with Crippen molar-refractivity contribution >= 4 is 6.21 Å². The number of nitrogens with two attached hydrogens (primary N) is 1. The van der Waals surface area contributed by atoms with Crippen molar-refractivity contribution in [1.29, 1.82) is 5.41 Å². The Labute approximate surface area is 50.1 Å². The maximum atomic E-state index is 6.84. The summed E-state index contributed by atoms with van der Waals surface area (Å²) < 4.78 is 0. The van der Waals surface area contributed by atoms with E-state index in [1.807, 2.05) is 26.2 Å². The zero-order valence-electron chi connectivity index (χ0n) is 5.65. The Morgan fingerprint density at radius 3 is 2.12 bits per heavy atom. The van der Waals surface area contributed by atoms with Crippen LogP contribution in [0.2, 0.25) is 0 Å². The number of rotatable bonds is 2. The highest BCUT2D eigenvalue weighted by molar-refractivity contribution is 5.75. The monoisotopic (exact) mass is 113 g/mol. The Morgan fingerprint density at radius 2 is 2.00 bits per heavy atom. The summed E-state index contributed by atoms with van der Waals surface area (Å²) in [6, 6.07) is 0. The third kappa shape index (κ3) is 1.89. The van der Waals surface area contributed by atoms with Gasteiger partial charge in [-0.25, -0.2) is 0 Å². The standard InChI is InChI=1S/C6H12N2/c1-5(4-7)6(2)8-3/h4,7-8H,1-3H3/p+1/b6-5-,7-4?. The molecule has 0 aliphatic heterocycles. The molecule has 0 aliphatic rings. The SMILES string of the molecule is C[NH2+]/C(C)=C(/C)C=N. The molecular formula is C6H13N2+. The molecule has 0 bridgehead atoms. The van der Waals surface area contributed by atoms with Crippen LogP contribution in [0.5, 0.6) is 0 Å². The molecule has 0 saturated heterocycles. The molecular weight excluding hydrogens is 100 g/mol. The Balaban J connectivity index is 4.03. The highest BCUT2D eigenvalue weighted by Crippen LogP contribution is 1.87. The molecule has 0 saturated carbocycles. The molecule has 3 N–H and O–H groups in total. The minimum atomic E-state index is 1.03. The van der Waals surface area contributed by atoms with Crippen LogP contribution in [-0.2, 0) is 0 Å². The van der Waals surface area contributed by atoms with Gasteiger partial charge in [-0.1, -0.05) is 0 Å². The second-order valence-corrected chi connectivity index (χ2v) is 1.80. The van der Waals surface area contributed by atoms with Crippen LogP contribution in [0, 0.1) is 5.41 Å². The van der Waals surface area contributed by atoms with Gasteiger partial charge in [0.05, 0.1) is 7.05 Å². The van der Waals surface area contributed by atoms with Gasteiger partial charge in [-0.3, -0.25) is 0 Å². The van der Waals surface area contributed by atoms with Crippen molar-refractivity contribution in [2.24, 2.45) is 0 Å². The van der Waals surface area contributed by atoms with Crippen molar-refractivity contribution in [1.82, 2.24) is 0 Å². The third-order valence-corrected chi connectivity index (χ3v) is 1.27. The summed E-state index contributed by atoms with van der Waals surface area (Å²) in [6.45, 7) is 3.93. The topological polar surface area (TPSA) is 40.5 Å². The van der Waals surface area contributed by atoms with Crippen molar-refractivity contribution in [3.05, 3.63) is 11.3 Å². The summed E-state index contributed by atoms with van der Waals surface area (Å²) in [5.74, 6) is 0. The van der Waals surface area contributed by atoms with Crippen LogP contribution in [0.15, 0.2) is 11.3 Å². The lowest BCUT2D eigenvalue weighted by atomic mass is 10.3. The fraction of sp³-hybridized carbons (Fsp3) is 0.500. The number of allylic oxidation sites excluding steroid dienone is 2. The Morgan fingerprint density at radius 1 is 1.50 bits per heavy atom. The van der Waals surface area contributed by atoms with Crippen LogP contribution < -0.4 is 5.32 Å². The minimum absolute atomic E-state index is 1.03. The first-order valence-corrected chi connectivity index (χ1v) is 2.69. The van der Waals surface area contributed by atoms with Crippen LogP contribution in [0.1, 0.15) is 13.8 Å². The molecule has 0 aliphatic carbocycles. The molecule has 0 aromatic carbocycles. The fourth-order valence-electron chi connectivity index (χ4n) is 0.342. The quantitative estimate of drug-likeness (QED) is 0.478. The van der Waals surface area contributed by atoms with E-state index in [1.165, 1.54) is 11.9 Å². The van der Waals surface area contributed by atoms with Crippen LogP contribution in [0.3, 0.4) is 0 Å². The first kappa shape index (κ1) is 7.37. The van der Waals surface area contributed by atoms with E-state index in [2.05, 4.69) is 0 Å². The van der Waals surface area contributed by atoms with Crippen LogP contribution in [0.25, 0.3) is 0 Å². The third-order valence-electron chi connectivity index (χ3n) is 1.27. The van der Waals surface area contributed by atoms with Gasteiger partial charge < -0.3 is 10.7 Å². The second-order valence-electron chi connectivity index (χ2n) is 1.80. The molecule has 2 heteroatoms. The van der Waals surface area contributed by atoms with Crippen LogP contribution >= 0.6 is 0 Å². The van der Waals surface area contributed by atoms with Crippen molar-refractivity contribution in [3.8, 4) is 0 Å². The zero-order chi connectivity index (χ0) is 6.57. The molecule has 0 fully saturated rings. The van der Waals surface area contributed by atoms with Gasteiger partial charge in [-0.15, -0.1) is 0 Å². The molecule has 0 aromatic heterocycles. The Hall–Kier alpha value is -0.630. The summed E-state index contributed by atoms with van der Waals surface area (Å²) >= 11 is 0. The van der Waals surface area contributed by atoms with E-state index < -0.39 is 0 Å². The molecule has 0 aromatic rings. The minimum Gasteiger partial charge on any atom is -0.320 e. The van der Waals surface area contributed by atoms with Gasteiger partial charge in [0.1, 0.15) is 5.70 Å². The molecule has 0 unspecified atom stereocenters. The summed E-state index contributed by atoms with van der Waals surface area (Å²) in [4.78, 5) is 0. The van der Waals surface area contributed by atoms with Crippen molar-refractivity contribution in [3.63, 3.8) is 0 Å². The number of hydrogen-bond acceptors (Lipinski definition) is 1. The lowest BCUT2D eigenvalue weighted by Crippen LogP contribution is -2.77. The first-order chi connectivity index (χ1) is 3.72. The van der Waals surface area contributed by atoms with Gasteiger partial charge in [-0.2, -0.15) is 0 Å².